The summed E-state index contributed by atoms with van der Waals surface area (Å²) in [5, 5.41) is 10.2. The predicted molar refractivity (Wildman–Crippen MR) is 95.5 cm³/mol. The lowest BCUT2D eigenvalue weighted by molar-refractivity contribution is 0.0224. The van der Waals surface area contributed by atoms with E-state index >= 15 is 0 Å². The van der Waals surface area contributed by atoms with Crippen LogP contribution in [0.4, 0.5) is 15.4 Å². The third-order valence-corrected chi connectivity index (χ3v) is 3.57. The standard InChI is InChI=1S/C17H29N5O3/c1-16(2,3)19-14(23)18-13-11-10-22(15(24)25-17(4,5)6)9-8-12(11)20-21(13)7/h8-10H2,1-7H3,(H2,18,19,23). The second-order valence-electron chi connectivity index (χ2n) is 8.38. The van der Waals surface area contributed by atoms with Gasteiger partial charge in [0, 0.05) is 31.1 Å². The molecule has 8 nitrogen and oxygen atoms in total. The van der Waals surface area contributed by atoms with Gasteiger partial charge in [-0.3, -0.25) is 10.00 Å². The summed E-state index contributed by atoms with van der Waals surface area (Å²) in [6.07, 6.45) is 0.275. The van der Waals surface area contributed by atoms with E-state index in [0.717, 1.165) is 11.3 Å². The highest BCUT2D eigenvalue weighted by Gasteiger charge is 2.30. The molecule has 0 unspecified atom stereocenters. The third kappa shape index (κ3) is 5.11. The monoisotopic (exact) mass is 351 g/mol. The van der Waals surface area contributed by atoms with E-state index in [1.807, 2.05) is 41.5 Å². The molecular weight excluding hydrogens is 322 g/mol. The first kappa shape index (κ1) is 19.1. The zero-order valence-electron chi connectivity index (χ0n) is 16.2. The van der Waals surface area contributed by atoms with Crippen LogP contribution in [0, 0.1) is 0 Å². The van der Waals surface area contributed by atoms with E-state index < -0.39 is 5.60 Å². The maximum atomic E-state index is 12.3. The van der Waals surface area contributed by atoms with Gasteiger partial charge < -0.3 is 15.0 Å². The first-order valence-electron chi connectivity index (χ1n) is 8.47. The fourth-order valence-corrected chi connectivity index (χ4v) is 2.62. The van der Waals surface area contributed by atoms with Gasteiger partial charge in [0.25, 0.3) is 0 Å². The number of nitrogens with zero attached hydrogens (tertiary/aromatic N) is 3. The van der Waals surface area contributed by atoms with Gasteiger partial charge in [0.2, 0.25) is 0 Å². The van der Waals surface area contributed by atoms with Crippen molar-refractivity contribution >= 4 is 17.9 Å². The quantitative estimate of drug-likeness (QED) is 0.814. The Labute approximate surface area is 148 Å². The number of urea groups is 1. The predicted octanol–water partition coefficient (Wildman–Crippen LogP) is 2.63. The first-order chi connectivity index (χ1) is 11.4. The normalized spacial score (nSPS) is 14.8. The van der Waals surface area contributed by atoms with E-state index in [2.05, 4.69) is 15.7 Å². The van der Waals surface area contributed by atoms with E-state index in [1.54, 1.807) is 16.6 Å². The fraction of sp³-hybridized carbons (Fsp3) is 0.706. The van der Waals surface area contributed by atoms with Crippen LogP contribution in [-0.4, -0.2) is 44.5 Å². The largest absolute Gasteiger partial charge is 0.444 e. The lowest BCUT2D eigenvalue weighted by atomic mass is 10.1. The minimum Gasteiger partial charge on any atom is -0.444 e. The average Bonchev–Trinajstić information content (AvgIpc) is 2.70. The maximum Gasteiger partial charge on any atom is 0.410 e. The number of aryl methyl sites for hydroxylation is 1. The Bertz CT molecular complexity index is 667. The van der Waals surface area contributed by atoms with Crippen molar-refractivity contribution in [2.75, 3.05) is 11.9 Å². The number of ether oxygens (including phenoxy) is 1. The number of carbonyl (C=O) groups excluding carboxylic acids is 2. The molecule has 0 saturated carbocycles. The Morgan fingerprint density at radius 2 is 1.80 bits per heavy atom. The summed E-state index contributed by atoms with van der Waals surface area (Å²) in [6, 6.07) is -0.298. The summed E-state index contributed by atoms with van der Waals surface area (Å²) in [7, 11) is 1.78. The van der Waals surface area contributed by atoms with Crippen LogP contribution >= 0.6 is 0 Å². The molecule has 1 aliphatic rings. The summed E-state index contributed by atoms with van der Waals surface area (Å²) in [5.74, 6) is 0.602. The molecule has 0 saturated heterocycles. The maximum absolute atomic E-state index is 12.3. The molecule has 0 radical (unpaired) electrons. The van der Waals surface area contributed by atoms with Gasteiger partial charge in [-0.15, -0.1) is 0 Å². The fourth-order valence-electron chi connectivity index (χ4n) is 2.62. The van der Waals surface area contributed by atoms with Crippen LogP contribution in [0.5, 0.6) is 0 Å². The van der Waals surface area contributed by atoms with Gasteiger partial charge in [0.15, 0.2) is 0 Å². The minimum absolute atomic E-state index is 0.298. The first-order valence-corrected chi connectivity index (χ1v) is 8.47. The van der Waals surface area contributed by atoms with Crippen LogP contribution in [0.25, 0.3) is 0 Å². The van der Waals surface area contributed by atoms with Crippen LogP contribution in [0.3, 0.4) is 0 Å². The molecule has 0 aromatic carbocycles. The van der Waals surface area contributed by atoms with Crippen molar-refractivity contribution < 1.29 is 14.3 Å². The second kappa shape index (κ2) is 6.57. The summed E-state index contributed by atoms with van der Waals surface area (Å²) in [6.45, 7) is 12.2. The number of hydrogen-bond acceptors (Lipinski definition) is 4. The SMILES string of the molecule is Cn1nc2c(c1NC(=O)NC(C)(C)C)CN(C(=O)OC(C)(C)C)CC2. The molecule has 25 heavy (non-hydrogen) atoms. The Hall–Kier alpha value is -2.25. The van der Waals surface area contributed by atoms with Crippen LogP contribution in [-0.2, 0) is 24.8 Å². The average molecular weight is 351 g/mol. The van der Waals surface area contributed by atoms with E-state index in [0.29, 0.717) is 25.3 Å². The highest BCUT2D eigenvalue weighted by Crippen LogP contribution is 2.27. The van der Waals surface area contributed by atoms with Crippen molar-refractivity contribution in [3.63, 3.8) is 0 Å². The van der Waals surface area contributed by atoms with Crippen molar-refractivity contribution in [3.8, 4) is 0 Å². The number of carbonyl (C=O) groups is 2. The molecule has 1 aliphatic heterocycles. The van der Waals surface area contributed by atoms with Crippen molar-refractivity contribution in [1.82, 2.24) is 20.0 Å². The molecule has 8 heteroatoms. The summed E-state index contributed by atoms with van der Waals surface area (Å²) < 4.78 is 7.09. The molecule has 0 spiro atoms. The number of anilines is 1. The number of nitrogens with one attached hydrogen (secondary N) is 2. The van der Waals surface area contributed by atoms with Gasteiger partial charge in [-0.05, 0) is 41.5 Å². The summed E-state index contributed by atoms with van der Waals surface area (Å²) >= 11 is 0. The number of amides is 3. The number of aromatic nitrogens is 2. The zero-order valence-corrected chi connectivity index (χ0v) is 16.2. The van der Waals surface area contributed by atoms with Gasteiger partial charge in [-0.1, -0.05) is 0 Å². The van der Waals surface area contributed by atoms with Gasteiger partial charge in [-0.25, -0.2) is 9.59 Å². The highest BCUT2D eigenvalue weighted by atomic mass is 16.6. The van der Waals surface area contributed by atoms with E-state index in [9.17, 15) is 9.59 Å². The smallest absolute Gasteiger partial charge is 0.410 e. The Kier molecular flexibility index (Phi) is 5.02. The second-order valence-corrected chi connectivity index (χ2v) is 8.38. The number of fused-ring (bicyclic) bond motifs is 1. The molecule has 140 valence electrons. The van der Waals surface area contributed by atoms with Crippen molar-refractivity contribution in [2.24, 2.45) is 7.05 Å². The van der Waals surface area contributed by atoms with Crippen LogP contribution in [0.1, 0.15) is 52.8 Å². The lowest BCUT2D eigenvalue weighted by Gasteiger charge is -2.30. The molecule has 2 rings (SSSR count). The van der Waals surface area contributed by atoms with Crippen molar-refractivity contribution in [1.29, 1.82) is 0 Å². The minimum atomic E-state index is -0.542. The number of hydrogen-bond donors (Lipinski definition) is 2. The molecule has 2 heterocycles. The Balaban J connectivity index is 2.15. The van der Waals surface area contributed by atoms with Crippen LogP contribution < -0.4 is 10.6 Å². The highest BCUT2D eigenvalue weighted by molar-refractivity contribution is 5.89. The molecule has 3 amide bonds. The summed E-state index contributed by atoms with van der Waals surface area (Å²) in [4.78, 5) is 26.2. The molecule has 0 fully saturated rings. The van der Waals surface area contributed by atoms with E-state index in [-0.39, 0.29) is 17.7 Å². The number of rotatable bonds is 1. The van der Waals surface area contributed by atoms with Crippen LogP contribution in [0.15, 0.2) is 0 Å². The van der Waals surface area contributed by atoms with E-state index in [1.165, 1.54) is 0 Å². The molecule has 0 bridgehead atoms. The molecule has 2 N–H and O–H groups in total. The van der Waals surface area contributed by atoms with Gasteiger partial charge >= 0.3 is 12.1 Å². The molecule has 0 atom stereocenters. The molecule has 1 aromatic rings. The van der Waals surface area contributed by atoms with Gasteiger partial charge in [-0.2, -0.15) is 5.10 Å². The van der Waals surface area contributed by atoms with Gasteiger partial charge in [0.1, 0.15) is 11.4 Å². The van der Waals surface area contributed by atoms with Gasteiger partial charge in [0.05, 0.1) is 12.2 Å². The third-order valence-electron chi connectivity index (χ3n) is 3.57. The Morgan fingerprint density at radius 1 is 1.16 bits per heavy atom. The van der Waals surface area contributed by atoms with Crippen LogP contribution in [0.2, 0.25) is 0 Å². The summed E-state index contributed by atoms with van der Waals surface area (Å²) in [5.41, 5.74) is 0.864. The Morgan fingerprint density at radius 3 is 2.36 bits per heavy atom. The molecular formula is C17H29N5O3. The van der Waals surface area contributed by atoms with Crippen molar-refractivity contribution in [2.45, 2.75) is 65.6 Å². The lowest BCUT2D eigenvalue weighted by Crippen LogP contribution is -2.43. The topological polar surface area (TPSA) is 88.5 Å². The zero-order chi connectivity index (χ0) is 19.0. The molecule has 1 aromatic heterocycles. The van der Waals surface area contributed by atoms with Crippen molar-refractivity contribution in [3.05, 3.63) is 11.3 Å². The molecule has 0 aliphatic carbocycles. The van der Waals surface area contributed by atoms with E-state index in [4.69, 9.17) is 4.74 Å².